The van der Waals surface area contributed by atoms with Crippen molar-refractivity contribution < 1.29 is 4.79 Å². The van der Waals surface area contributed by atoms with Crippen molar-refractivity contribution in [1.82, 2.24) is 9.88 Å². The van der Waals surface area contributed by atoms with Crippen molar-refractivity contribution in [3.8, 4) is 0 Å². The number of nitrogens with zero attached hydrogens (tertiary/aromatic N) is 2. The lowest BCUT2D eigenvalue weighted by Crippen LogP contribution is -2.24. The highest BCUT2D eigenvalue weighted by atomic mass is 16.2. The van der Waals surface area contributed by atoms with Gasteiger partial charge in [0.1, 0.15) is 5.82 Å². The maximum Gasteiger partial charge on any atom is 0.223 e. The number of carbonyl (C=O) groups is 1. The van der Waals surface area contributed by atoms with Gasteiger partial charge in [0.2, 0.25) is 5.91 Å². The first-order valence-corrected chi connectivity index (χ1v) is 5.59. The molecule has 2 rings (SSSR count). The van der Waals surface area contributed by atoms with Crippen LogP contribution in [0, 0.1) is 5.92 Å². The number of aromatic nitrogens is 1. The van der Waals surface area contributed by atoms with Gasteiger partial charge in [0, 0.05) is 32.8 Å². The molecule has 0 saturated carbocycles. The molecule has 0 aromatic carbocycles. The molecule has 1 aromatic heterocycles. The van der Waals surface area contributed by atoms with Gasteiger partial charge in [-0.3, -0.25) is 4.79 Å². The van der Waals surface area contributed by atoms with Gasteiger partial charge in [-0.1, -0.05) is 13.0 Å². The number of pyridine rings is 1. The number of likely N-dealkylation sites (tertiary alicyclic amines) is 1. The maximum absolute atomic E-state index is 11.6. The van der Waals surface area contributed by atoms with Crippen LogP contribution in [0.25, 0.3) is 0 Å². The third-order valence-electron chi connectivity index (χ3n) is 2.86. The minimum absolute atomic E-state index is 0.255. The van der Waals surface area contributed by atoms with Crippen LogP contribution in [0.5, 0.6) is 0 Å². The van der Waals surface area contributed by atoms with E-state index in [0.29, 0.717) is 18.9 Å². The molecule has 4 heteroatoms. The first kappa shape index (κ1) is 10.9. The molecular weight excluding hydrogens is 202 g/mol. The second-order valence-electron chi connectivity index (χ2n) is 4.39. The van der Waals surface area contributed by atoms with E-state index in [2.05, 4.69) is 17.2 Å². The highest BCUT2D eigenvalue weighted by Gasteiger charge is 2.26. The van der Waals surface area contributed by atoms with Crippen molar-refractivity contribution in [2.75, 3.05) is 18.9 Å². The number of rotatable bonds is 3. The van der Waals surface area contributed by atoms with Gasteiger partial charge < -0.3 is 10.2 Å². The van der Waals surface area contributed by atoms with Crippen LogP contribution >= 0.6 is 0 Å². The molecule has 1 aliphatic rings. The summed E-state index contributed by atoms with van der Waals surface area (Å²) in [5, 5.41) is 2.97. The third kappa shape index (κ3) is 2.32. The van der Waals surface area contributed by atoms with E-state index in [4.69, 9.17) is 0 Å². The van der Waals surface area contributed by atoms with Gasteiger partial charge in [0.15, 0.2) is 0 Å². The van der Waals surface area contributed by atoms with Crippen LogP contribution in [-0.2, 0) is 11.3 Å². The van der Waals surface area contributed by atoms with E-state index in [1.165, 1.54) is 0 Å². The van der Waals surface area contributed by atoms with Gasteiger partial charge in [-0.2, -0.15) is 0 Å². The highest BCUT2D eigenvalue weighted by molar-refractivity contribution is 5.78. The Morgan fingerprint density at radius 1 is 1.56 bits per heavy atom. The first-order valence-electron chi connectivity index (χ1n) is 5.59. The standard InChI is InChI=1S/C12H17N3O/c1-9-5-12(16)15(7-9)8-10-3-4-11(13-2)14-6-10/h3-4,6,9H,5,7-8H2,1-2H3,(H,13,14). The lowest BCUT2D eigenvalue weighted by atomic mass is 10.2. The number of amides is 1. The molecule has 1 saturated heterocycles. The first-order chi connectivity index (χ1) is 7.69. The second kappa shape index (κ2) is 4.51. The largest absolute Gasteiger partial charge is 0.373 e. The minimum atomic E-state index is 0.255. The molecule has 0 aliphatic carbocycles. The molecule has 1 aromatic rings. The number of hydrogen-bond acceptors (Lipinski definition) is 3. The Kier molecular flexibility index (Phi) is 3.08. The smallest absolute Gasteiger partial charge is 0.223 e. The molecule has 2 heterocycles. The number of anilines is 1. The summed E-state index contributed by atoms with van der Waals surface area (Å²) in [7, 11) is 1.84. The zero-order valence-corrected chi connectivity index (χ0v) is 9.73. The summed E-state index contributed by atoms with van der Waals surface area (Å²) in [6.07, 6.45) is 2.50. The van der Waals surface area contributed by atoms with E-state index in [-0.39, 0.29) is 5.91 Å². The van der Waals surface area contributed by atoms with Crippen molar-refractivity contribution in [3.63, 3.8) is 0 Å². The van der Waals surface area contributed by atoms with E-state index in [1.54, 1.807) is 0 Å². The summed E-state index contributed by atoms with van der Waals surface area (Å²) in [5.41, 5.74) is 1.08. The second-order valence-corrected chi connectivity index (χ2v) is 4.39. The molecule has 1 fully saturated rings. The number of hydrogen-bond donors (Lipinski definition) is 1. The Balaban J connectivity index is 2.01. The van der Waals surface area contributed by atoms with Crippen molar-refractivity contribution in [2.24, 2.45) is 5.92 Å². The summed E-state index contributed by atoms with van der Waals surface area (Å²) < 4.78 is 0. The molecule has 16 heavy (non-hydrogen) atoms. The molecule has 0 bridgehead atoms. The van der Waals surface area contributed by atoms with Gasteiger partial charge in [0.25, 0.3) is 0 Å². The predicted octanol–water partition coefficient (Wildman–Crippen LogP) is 1.49. The van der Waals surface area contributed by atoms with Crippen LogP contribution in [0.3, 0.4) is 0 Å². The van der Waals surface area contributed by atoms with Crippen LogP contribution in [0.1, 0.15) is 18.9 Å². The average Bonchev–Trinajstić information content (AvgIpc) is 2.59. The zero-order chi connectivity index (χ0) is 11.5. The van der Waals surface area contributed by atoms with Crippen molar-refractivity contribution in [1.29, 1.82) is 0 Å². The van der Waals surface area contributed by atoms with Gasteiger partial charge in [-0.15, -0.1) is 0 Å². The average molecular weight is 219 g/mol. The Hall–Kier alpha value is -1.58. The van der Waals surface area contributed by atoms with Gasteiger partial charge in [0.05, 0.1) is 0 Å². The van der Waals surface area contributed by atoms with E-state index in [9.17, 15) is 4.79 Å². The van der Waals surface area contributed by atoms with Crippen LogP contribution in [0.15, 0.2) is 18.3 Å². The molecule has 86 valence electrons. The van der Waals surface area contributed by atoms with Gasteiger partial charge in [-0.05, 0) is 17.5 Å². The molecule has 1 N–H and O–H groups in total. The fourth-order valence-corrected chi connectivity index (χ4v) is 2.01. The summed E-state index contributed by atoms with van der Waals surface area (Å²) in [4.78, 5) is 17.7. The van der Waals surface area contributed by atoms with Gasteiger partial charge >= 0.3 is 0 Å². The van der Waals surface area contributed by atoms with Crippen LogP contribution in [-0.4, -0.2) is 29.4 Å². The molecule has 0 spiro atoms. The Bertz CT molecular complexity index is 374. The molecule has 4 nitrogen and oxygen atoms in total. The summed E-state index contributed by atoms with van der Waals surface area (Å²) in [6, 6.07) is 3.94. The van der Waals surface area contributed by atoms with E-state index in [0.717, 1.165) is 17.9 Å². The van der Waals surface area contributed by atoms with Crippen LogP contribution in [0.4, 0.5) is 5.82 Å². The van der Waals surface area contributed by atoms with Gasteiger partial charge in [-0.25, -0.2) is 4.98 Å². The van der Waals surface area contributed by atoms with E-state index < -0.39 is 0 Å². The normalized spacial score (nSPS) is 20.2. The predicted molar refractivity (Wildman–Crippen MR) is 63.0 cm³/mol. The number of carbonyl (C=O) groups excluding carboxylic acids is 1. The fraction of sp³-hybridized carbons (Fsp3) is 0.500. The van der Waals surface area contributed by atoms with Crippen molar-refractivity contribution in [3.05, 3.63) is 23.9 Å². The zero-order valence-electron chi connectivity index (χ0n) is 9.73. The molecular formula is C12H17N3O. The van der Waals surface area contributed by atoms with Crippen molar-refractivity contribution in [2.45, 2.75) is 19.9 Å². The maximum atomic E-state index is 11.6. The topological polar surface area (TPSA) is 45.2 Å². The quantitative estimate of drug-likeness (QED) is 0.837. The Morgan fingerprint density at radius 2 is 2.38 bits per heavy atom. The lowest BCUT2D eigenvalue weighted by Gasteiger charge is -2.15. The molecule has 1 unspecified atom stereocenters. The fourth-order valence-electron chi connectivity index (χ4n) is 2.01. The summed E-state index contributed by atoms with van der Waals surface area (Å²) in [6.45, 7) is 3.66. The molecule has 1 aliphatic heterocycles. The molecule has 1 atom stereocenters. The van der Waals surface area contributed by atoms with Crippen LogP contribution < -0.4 is 5.32 Å². The summed E-state index contributed by atoms with van der Waals surface area (Å²) >= 11 is 0. The Morgan fingerprint density at radius 3 is 2.88 bits per heavy atom. The molecule has 1 amide bonds. The van der Waals surface area contributed by atoms with Crippen molar-refractivity contribution >= 4 is 11.7 Å². The van der Waals surface area contributed by atoms with Crippen LogP contribution in [0.2, 0.25) is 0 Å². The number of nitrogens with one attached hydrogen (secondary N) is 1. The molecule has 0 radical (unpaired) electrons. The van der Waals surface area contributed by atoms with E-state index >= 15 is 0 Å². The van der Waals surface area contributed by atoms with E-state index in [1.807, 2.05) is 30.3 Å². The SMILES string of the molecule is CNc1ccc(CN2CC(C)CC2=O)cn1. The highest BCUT2D eigenvalue weighted by Crippen LogP contribution is 2.19. The lowest BCUT2D eigenvalue weighted by molar-refractivity contribution is -0.128. The summed E-state index contributed by atoms with van der Waals surface area (Å²) in [5.74, 6) is 1.59. The Labute approximate surface area is 95.7 Å². The monoisotopic (exact) mass is 219 g/mol. The minimum Gasteiger partial charge on any atom is -0.373 e. The third-order valence-corrected chi connectivity index (χ3v) is 2.86.